The smallest absolute Gasteiger partial charge is 0.0603 e. The predicted molar refractivity (Wildman–Crippen MR) is 72.1 cm³/mol. The van der Waals surface area contributed by atoms with Crippen LogP contribution in [-0.4, -0.2) is 25.8 Å². The van der Waals surface area contributed by atoms with Crippen molar-refractivity contribution < 1.29 is 4.74 Å². The van der Waals surface area contributed by atoms with Crippen molar-refractivity contribution in [3.8, 4) is 0 Å². The first kappa shape index (κ1) is 13.4. The van der Waals surface area contributed by atoms with Gasteiger partial charge in [-0.1, -0.05) is 27.7 Å². The van der Waals surface area contributed by atoms with Gasteiger partial charge < -0.3 is 10.1 Å². The van der Waals surface area contributed by atoms with Gasteiger partial charge in [-0.25, -0.2) is 0 Å². The number of nitrogens with one attached hydrogen (secondary N) is 1. The lowest BCUT2D eigenvalue weighted by Crippen LogP contribution is -2.52. The molecule has 2 aliphatic rings. The molecule has 0 aromatic heterocycles. The van der Waals surface area contributed by atoms with Crippen molar-refractivity contribution in [3.05, 3.63) is 0 Å². The van der Waals surface area contributed by atoms with E-state index in [2.05, 4.69) is 33.0 Å². The maximum absolute atomic E-state index is 5.97. The molecule has 2 heteroatoms. The molecule has 3 atom stereocenters. The van der Waals surface area contributed by atoms with E-state index in [0.29, 0.717) is 17.4 Å². The number of ether oxygens (including phenoxy) is 1. The molecule has 0 amide bonds. The zero-order valence-electron chi connectivity index (χ0n) is 12.0. The van der Waals surface area contributed by atoms with Crippen LogP contribution in [0, 0.1) is 23.2 Å². The van der Waals surface area contributed by atoms with Gasteiger partial charge in [-0.2, -0.15) is 0 Å². The first-order chi connectivity index (χ1) is 8.05. The Morgan fingerprint density at radius 2 is 1.88 bits per heavy atom. The van der Waals surface area contributed by atoms with E-state index < -0.39 is 0 Å². The highest BCUT2D eigenvalue weighted by Crippen LogP contribution is 2.48. The summed E-state index contributed by atoms with van der Waals surface area (Å²) in [5.41, 5.74) is 0.562. The highest BCUT2D eigenvalue weighted by Gasteiger charge is 2.45. The molecule has 0 bridgehead atoms. The van der Waals surface area contributed by atoms with Crippen molar-refractivity contribution in [1.82, 2.24) is 5.32 Å². The third-order valence-corrected chi connectivity index (χ3v) is 5.04. The molecule has 100 valence electrons. The molecule has 1 spiro atoms. The number of piperidine rings is 1. The Morgan fingerprint density at radius 3 is 2.53 bits per heavy atom. The number of rotatable bonds is 2. The zero-order chi connectivity index (χ0) is 12.5. The number of hydrogen-bond donors (Lipinski definition) is 1. The van der Waals surface area contributed by atoms with Crippen molar-refractivity contribution in [2.75, 3.05) is 19.7 Å². The molecule has 1 N–H and O–H groups in total. The van der Waals surface area contributed by atoms with Crippen LogP contribution in [0.25, 0.3) is 0 Å². The molecule has 2 fully saturated rings. The molecule has 0 saturated carbocycles. The van der Waals surface area contributed by atoms with Crippen molar-refractivity contribution in [2.24, 2.45) is 23.2 Å². The molecular formula is C15H29NO. The lowest BCUT2D eigenvalue weighted by Gasteiger charge is -2.51. The Labute approximate surface area is 107 Å². The van der Waals surface area contributed by atoms with Gasteiger partial charge in [0, 0.05) is 6.61 Å². The Bertz CT molecular complexity index is 247. The van der Waals surface area contributed by atoms with Crippen LogP contribution in [0.15, 0.2) is 0 Å². The molecule has 2 heterocycles. The average molecular weight is 239 g/mol. The first-order valence-corrected chi connectivity index (χ1v) is 7.37. The Morgan fingerprint density at radius 1 is 1.12 bits per heavy atom. The lowest BCUT2D eigenvalue weighted by atomic mass is 9.60. The Hall–Kier alpha value is -0.0800. The predicted octanol–water partition coefficient (Wildman–Crippen LogP) is 3.07. The standard InChI is InChI=1S/C15H29NO/c1-11(2)13-10-16-7-5-15(13)6-8-17-14(9-15)12(3)4/h11-14,16H,5-10H2,1-4H3. The van der Waals surface area contributed by atoms with Crippen molar-refractivity contribution in [2.45, 2.75) is 53.1 Å². The van der Waals surface area contributed by atoms with Crippen LogP contribution >= 0.6 is 0 Å². The van der Waals surface area contributed by atoms with E-state index in [1.54, 1.807) is 0 Å². The van der Waals surface area contributed by atoms with Crippen molar-refractivity contribution in [3.63, 3.8) is 0 Å². The summed E-state index contributed by atoms with van der Waals surface area (Å²) in [6.07, 6.45) is 4.40. The van der Waals surface area contributed by atoms with Gasteiger partial charge >= 0.3 is 0 Å². The van der Waals surface area contributed by atoms with Crippen LogP contribution < -0.4 is 5.32 Å². The van der Waals surface area contributed by atoms with E-state index in [4.69, 9.17) is 4.74 Å². The molecule has 17 heavy (non-hydrogen) atoms. The molecule has 2 saturated heterocycles. The van der Waals surface area contributed by atoms with Crippen LogP contribution in [0.1, 0.15) is 47.0 Å². The summed E-state index contributed by atoms with van der Waals surface area (Å²) in [4.78, 5) is 0. The minimum Gasteiger partial charge on any atom is -0.378 e. The third kappa shape index (κ3) is 2.68. The summed E-state index contributed by atoms with van der Waals surface area (Å²) in [5, 5.41) is 3.59. The molecule has 2 rings (SSSR count). The normalized spacial score (nSPS) is 39.2. The summed E-state index contributed by atoms with van der Waals surface area (Å²) >= 11 is 0. The molecule has 3 unspecified atom stereocenters. The number of hydrogen-bond acceptors (Lipinski definition) is 2. The zero-order valence-corrected chi connectivity index (χ0v) is 12.0. The second-order valence-corrected chi connectivity index (χ2v) is 6.77. The summed E-state index contributed by atoms with van der Waals surface area (Å²) in [7, 11) is 0. The molecule has 0 aromatic rings. The maximum atomic E-state index is 5.97. The van der Waals surface area contributed by atoms with Crippen molar-refractivity contribution in [1.29, 1.82) is 0 Å². The van der Waals surface area contributed by atoms with E-state index in [1.807, 2.05) is 0 Å². The van der Waals surface area contributed by atoms with E-state index in [0.717, 1.165) is 18.4 Å². The minimum absolute atomic E-state index is 0.489. The van der Waals surface area contributed by atoms with Gasteiger partial charge in [0.25, 0.3) is 0 Å². The van der Waals surface area contributed by atoms with E-state index in [1.165, 1.54) is 32.4 Å². The van der Waals surface area contributed by atoms with Gasteiger partial charge in [0.2, 0.25) is 0 Å². The molecule has 0 aliphatic carbocycles. The van der Waals surface area contributed by atoms with Crippen LogP contribution in [-0.2, 0) is 4.74 Å². The summed E-state index contributed by atoms with van der Waals surface area (Å²) in [6.45, 7) is 12.8. The fourth-order valence-corrected chi connectivity index (χ4v) is 3.91. The van der Waals surface area contributed by atoms with Gasteiger partial charge in [0.1, 0.15) is 0 Å². The van der Waals surface area contributed by atoms with Gasteiger partial charge in [-0.05, 0) is 55.5 Å². The fourth-order valence-electron chi connectivity index (χ4n) is 3.91. The van der Waals surface area contributed by atoms with Crippen LogP contribution in [0.4, 0.5) is 0 Å². The summed E-state index contributed by atoms with van der Waals surface area (Å²) < 4.78 is 5.97. The third-order valence-electron chi connectivity index (χ3n) is 5.04. The second-order valence-electron chi connectivity index (χ2n) is 6.77. The molecule has 2 aliphatic heterocycles. The lowest BCUT2D eigenvalue weighted by molar-refractivity contribution is -0.107. The highest BCUT2D eigenvalue weighted by atomic mass is 16.5. The van der Waals surface area contributed by atoms with Gasteiger partial charge in [-0.15, -0.1) is 0 Å². The molecule has 2 nitrogen and oxygen atoms in total. The Kier molecular flexibility index (Phi) is 4.14. The molecule has 0 radical (unpaired) electrons. The maximum Gasteiger partial charge on any atom is 0.0603 e. The first-order valence-electron chi connectivity index (χ1n) is 7.37. The minimum atomic E-state index is 0.489. The van der Waals surface area contributed by atoms with Gasteiger partial charge in [0.15, 0.2) is 0 Å². The van der Waals surface area contributed by atoms with Gasteiger partial charge in [-0.3, -0.25) is 0 Å². The largest absolute Gasteiger partial charge is 0.378 e. The fraction of sp³-hybridized carbons (Fsp3) is 1.00. The summed E-state index contributed by atoms with van der Waals surface area (Å²) in [6, 6.07) is 0. The Balaban J connectivity index is 2.13. The topological polar surface area (TPSA) is 21.3 Å². The van der Waals surface area contributed by atoms with Crippen LogP contribution in [0.5, 0.6) is 0 Å². The monoisotopic (exact) mass is 239 g/mol. The quantitative estimate of drug-likeness (QED) is 0.799. The van der Waals surface area contributed by atoms with Crippen LogP contribution in [0.3, 0.4) is 0 Å². The molecule has 0 aromatic carbocycles. The highest BCUT2D eigenvalue weighted by molar-refractivity contribution is 4.96. The second kappa shape index (κ2) is 5.27. The average Bonchev–Trinajstić information content (AvgIpc) is 2.29. The van der Waals surface area contributed by atoms with E-state index in [9.17, 15) is 0 Å². The van der Waals surface area contributed by atoms with Gasteiger partial charge in [0.05, 0.1) is 6.10 Å². The summed E-state index contributed by atoms with van der Waals surface area (Å²) in [5.74, 6) is 2.28. The van der Waals surface area contributed by atoms with E-state index in [-0.39, 0.29) is 0 Å². The van der Waals surface area contributed by atoms with Crippen LogP contribution in [0.2, 0.25) is 0 Å². The SMILES string of the molecule is CC(C)C1CC2(CCNCC2C(C)C)CCO1. The molecular weight excluding hydrogens is 210 g/mol. The van der Waals surface area contributed by atoms with Crippen molar-refractivity contribution >= 4 is 0 Å². The van der Waals surface area contributed by atoms with E-state index >= 15 is 0 Å².